The molecule has 4 nitrogen and oxygen atoms in total. The van der Waals surface area contributed by atoms with E-state index in [-0.39, 0.29) is 11.1 Å². The Morgan fingerprint density at radius 1 is 1.09 bits per heavy atom. The maximum atomic E-state index is 6.28. The van der Waals surface area contributed by atoms with Gasteiger partial charge in [0, 0.05) is 36.6 Å². The van der Waals surface area contributed by atoms with Gasteiger partial charge in [0.2, 0.25) is 0 Å². The summed E-state index contributed by atoms with van der Waals surface area (Å²) in [6.45, 7) is 17.9. The third-order valence-corrected chi connectivity index (χ3v) is 5.85. The molecule has 3 aliphatic heterocycles. The molecule has 2 unspecified atom stereocenters. The van der Waals surface area contributed by atoms with Crippen LogP contribution in [0.15, 0.2) is 0 Å². The minimum absolute atomic E-state index is 0.0473. The maximum absolute atomic E-state index is 6.28. The summed E-state index contributed by atoms with van der Waals surface area (Å²) in [4.78, 5) is 5.47. The van der Waals surface area contributed by atoms with Gasteiger partial charge in [-0.25, -0.2) is 0 Å². The Labute approximate surface area is 142 Å². The van der Waals surface area contributed by atoms with Gasteiger partial charge in [0.25, 0.3) is 0 Å². The number of hydrogen-bond acceptors (Lipinski definition) is 4. The molecule has 3 fully saturated rings. The summed E-state index contributed by atoms with van der Waals surface area (Å²) in [6.07, 6.45) is 3.85. The molecule has 0 amide bonds. The van der Waals surface area contributed by atoms with Crippen LogP contribution in [0.2, 0.25) is 0 Å². The van der Waals surface area contributed by atoms with Gasteiger partial charge in [0.15, 0.2) is 0 Å². The van der Waals surface area contributed by atoms with Crippen molar-refractivity contribution in [2.24, 2.45) is 5.92 Å². The minimum atomic E-state index is -0.0473. The van der Waals surface area contributed by atoms with Crippen molar-refractivity contribution in [1.82, 2.24) is 9.80 Å². The van der Waals surface area contributed by atoms with Gasteiger partial charge >= 0.3 is 0 Å². The van der Waals surface area contributed by atoms with Crippen LogP contribution in [-0.2, 0) is 9.47 Å². The van der Waals surface area contributed by atoms with Crippen molar-refractivity contribution in [1.29, 1.82) is 0 Å². The average Bonchev–Trinajstić information content (AvgIpc) is 2.83. The van der Waals surface area contributed by atoms with Gasteiger partial charge in [0.1, 0.15) is 0 Å². The molecule has 0 aromatic carbocycles. The summed E-state index contributed by atoms with van der Waals surface area (Å²) in [6, 6.07) is 1.38. The summed E-state index contributed by atoms with van der Waals surface area (Å²) in [7, 11) is 0. The number of fused-ring (bicyclic) bond motifs is 1. The van der Waals surface area contributed by atoms with E-state index in [0.717, 1.165) is 32.3 Å². The molecule has 2 atom stereocenters. The van der Waals surface area contributed by atoms with Crippen molar-refractivity contribution in [3.05, 3.63) is 0 Å². The normalized spacial score (nSPS) is 31.2. The molecular weight excluding hydrogens is 288 g/mol. The van der Waals surface area contributed by atoms with Crippen molar-refractivity contribution in [3.63, 3.8) is 0 Å². The molecule has 4 heteroatoms. The Hall–Kier alpha value is -0.160. The zero-order valence-electron chi connectivity index (χ0n) is 15.8. The fourth-order valence-electron chi connectivity index (χ4n) is 4.30. The Bertz CT molecular complexity index is 401. The van der Waals surface area contributed by atoms with Crippen LogP contribution in [0.1, 0.15) is 53.9 Å². The molecule has 0 aromatic heterocycles. The number of nitrogens with zero attached hydrogens (tertiary/aromatic N) is 2. The predicted octanol–water partition coefficient (Wildman–Crippen LogP) is 2.77. The van der Waals surface area contributed by atoms with E-state index in [1.165, 1.54) is 32.5 Å². The van der Waals surface area contributed by atoms with E-state index < -0.39 is 0 Å². The van der Waals surface area contributed by atoms with Crippen LogP contribution in [0.25, 0.3) is 0 Å². The van der Waals surface area contributed by atoms with Crippen molar-refractivity contribution < 1.29 is 9.47 Å². The quantitative estimate of drug-likeness (QED) is 0.776. The van der Waals surface area contributed by atoms with Crippen molar-refractivity contribution in [2.75, 3.05) is 39.5 Å². The highest BCUT2D eigenvalue weighted by Crippen LogP contribution is 2.33. The molecule has 3 rings (SSSR count). The van der Waals surface area contributed by atoms with Crippen LogP contribution in [0.5, 0.6) is 0 Å². The number of hydrogen-bond donors (Lipinski definition) is 0. The summed E-state index contributed by atoms with van der Waals surface area (Å²) < 4.78 is 11.5. The van der Waals surface area contributed by atoms with Crippen LogP contribution in [0.4, 0.5) is 0 Å². The molecule has 3 heterocycles. The van der Waals surface area contributed by atoms with Crippen LogP contribution in [-0.4, -0.2) is 72.5 Å². The summed E-state index contributed by atoms with van der Waals surface area (Å²) in [5.74, 6) is 0.617. The van der Waals surface area contributed by atoms with E-state index in [1.807, 2.05) is 0 Å². The first kappa shape index (κ1) is 17.7. The van der Waals surface area contributed by atoms with E-state index in [4.69, 9.17) is 9.47 Å². The van der Waals surface area contributed by atoms with E-state index in [1.54, 1.807) is 0 Å². The third-order valence-electron chi connectivity index (χ3n) is 5.85. The topological polar surface area (TPSA) is 24.9 Å². The van der Waals surface area contributed by atoms with Gasteiger partial charge in [-0.3, -0.25) is 9.80 Å². The zero-order valence-corrected chi connectivity index (χ0v) is 15.8. The van der Waals surface area contributed by atoms with Crippen molar-refractivity contribution in [2.45, 2.75) is 77.1 Å². The molecule has 3 aliphatic rings. The second-order valence-electron chi connectivity index (χ2n) is 9.44. The highest BCUT2D eigenvalue weighted by molar-refractivity contribution is 4.98. The van der Waals surface area contributed by atoms with Crippen LogP contribution < -0.4 is 0 Å². The molecule has 134 valence electrons. The second-order valence-corrected chi connectivity index (χ2v) is 9.44. The lowest BCUT2D eigenvalue weighted by molar-refractivity contribution is -0.122. The molecule has 0 saturated carbocycles. The van der Waals surface area contributed by atoms with E-state index in [9.17, 15) is 0 Å². The lowest BCUT2D eigenvalue weighted by Gasteiger charge is -2.50. The van der Waals surface area contributed by atoms with Crippen molar-refractivity contribution >= 4 is 0 Å². The van der Waals surface area contributed by atoms with Gasteiger partial charge < -0.3 is 9.47 Å². The van der Waals surface area contributed by atoms with Crippen LogP contribution in [0.3, 0.4) is 0 Å². The number of rotatable bonds is 5. The molecule has 0 aliphatic carbocycles. The summed E-state index contributed by atoms with van der Waals surface area (Å²) in [5.41, 5.74) is 0.218. The van der Waals surface area contributed by atoms with Gasteiger partial charge in [-0.2, -0.15) is 0 Å². The smallest absolute Gasteiger partial charge is 0.0642 e. The van der Waals surface area contributed by atoms with E-state index in [0.29, 0.717) is 12.0 Å². The van der Waals surface area contributed by atoms with Gasteiger partial charge in [-0.05, 0) is 60.4 Å². The monoisotopic (exact) mass is 324 g/mol. The fraction of sp³-hybridized carbons (Fsp3) is 1.00. The summed E-state index contributed by atoms with van der Waals surface area (Å²) >= 11 is 0. The first-order valence-corrected chi connectivity index (χ1v) is 9.47. The SMILES string of the molecule is CC(C)(CC1CN(C(C)(C)C)CC2CCCN21)OCC1COC1. The Balaban J connectivity index is 1.61. The molecule has 0 bridgehead atoms. The Kier molecular flexibility index (Phi) is 5.09. The molecule has 0 N–H and O–H groups in total. The predicted molar refractivity (Wildman–Crippen MR) is 93.8 cm³/mol. The molecule has 3 saturated heterocycles. The number of piperazine rings is 1. The molecule has 0 spiro atoms. The number of ether oxygens (including phenoxy) is 2. The Morgan fingerprint density at radius 3 is 2.43 bits per heavy atom. The standard InChI is InChI=1S/C19H36N2O2/c1-18(2,3)20-10-16-7-6-8-21(16)17(11-20)9-19(4,5)23-14-15-12-22-13-15/h15-17H,6-14H2,1-5H3. The Morgan fingerprint density at radius 2 is 1.83 bits per heavy atom. The highest BCUT2D eigenvalue weighted by atomic mass is 16.5. The first-order chi connectivity index (χ1) is 10.7. The molecule has 23 heavy (non-hydrogen) atoms. The average molecular weight is 325 g/mol. The fourth-order valence-corrected chi connectivity index (χ4v) is 4.30. The van der Waals surface area contributed by atoms with Crippen LogP contribution >= 0.6 is 0 Å². The summed E-state index contributed by atoms with van der Waals surface area (Å²) in [5, 5.41) is 0. The van der Waals surface area contributed by atoms with Crippen LogP contribution in [0, 0.1) is 5.92 Å². The van der Waals surface area contributed by atoms with Gasteiger partial charge in [-0.1, -0.05) is 0 Å². The van der Waals surface area contributed by atoms with Gasteiger partial charge in [0.05, 0.1) is 25.4 Å². The second kappa shape index (κ2) is 6.62. The first-order valence-electron chi connectivity index (χ1n) is 9.47. The lowest BCUT2D eigenvalue weighted by Crippen LogP contribution is -2.61. The van der Waals surface area contributed by atoms with Gasteiger partial charge in [-0.15, -0.1) is 0 Å². The lowest BCUT2D eigenvalue weighted by atomic mass is 9.92. The van der Waals surface area contributed by atoms with Crippen molar-refractivity contribution in [3.8, 4) is 0 Å². The molecule has 0 radical (unpaired) electrons. The molecule has 0 aromatic rings. The largest absolute Gasteiger partial charge is 0.381 e. The maximum Gasteiger partial charge on any atom is 0.0642 e. The zero-order chi connectivity index (χ0) is 16.7. The van der Waals surface area contributed by atoms with E-state index >= 15 is 0 Å². The minimum Gasteiger partial charge on any atom is -0.381 e. The van der Waals surface area contributed by atoms with E-state index in [2.05, 4.69) is 44.4 Å². The molecular formula is C19H36N2O2. The third kappa shape index (κ3) is 4.28. The highest BCUT2D eigenvalue weighted by Gasteiger charge is 2.42.